The molecular weight excluding hydrogens is 346 g/mol. The van der Waals surface area contributed by atoms with Gasteiger partial charge in [0.2, 0.25) is 0 Å². The molecule has 0 heterocycles. The van der Waals surface area contributed by atoms with E-state index in [-0.39, 0.29) is 6.61 Å². The van der Waals surface area contributed by atoms with Crippen molar-refractivity contribution < 1.29 is 13.9 Å². The highest BCUT2D eigenvalue weighted by Gasteiger charge is 2.57. The van der Waals surface area contributed by atoms with Crippen LogP contribution in [0, 0.1) is 0 Å². The van der Waals surface area contributed by atoms with Crippen molar-refractivity contribution in [2.24, 2.45) is 0 Å². The normalized spacial score (nSPS) is 12.4. The predicted octanol–water partition coefficient (Wildman–Crippen LogP) is 3.84. The minimum atomic E-state index is -2.87. The molecule has 1 unspecified atom stereocenters. The fourth-order valence-corrected chi connectivity index (χ4v) is 7.20. The van der Waals surface area contributed by atoms with E-state index in [0.717, 1.165) is 15.9 Å². The van der Waals surface area contributed by atoms with Gasteiger partial charge in [-0.15, -0.1) is 0 Å². The van der Waals surface area contributed by atoms with E-state index in [0.29, 0.717) is 0 Å². The molecule has 0 N–H and O–H groups in total. The van der Waals surface area contributed by atoms with Crippen LogP contribution in [0.3, 0.4) is 0 Å². The minimum Gasteiger partial charge on any atom is -0.461 e. The third-order valence-corrected chi connectivity index (χ3v) is 8.54. The minimum absolute atomic E-state index is 0.150. The lowest BCUT2D eigenvalue weighted by atomic mass is 10.4. The SMILES string of the molecule is CCOC(=O)C(F)[P+](c1ccccc1)(c1ccccc1)c1ccccc1. The summed E-state index contributed by atoms with van der Waals surface area (Å²) in [5.41, 5.74) is 0. The van der Waals surface area contributed by atoms with Gasteiger partial charge in [0.1, 0.15) is 15.9 Å². The van der Waals surface area contributed by atoms with Gasteiger partial charge in [0.25, 0.3) is 0 Å². The molecule has 0 aromatic heterocycles. The van der Waals surface area contributed by atoms with Crippen LogP contribution in [0.1, 0.15) is 6.92 Å². The monoisotopic (exact) mass is 367 g/mol. The van der Waals surface area contributed by atoms with Crippen molar-refractivity contribution in [2.45, 2.75) is 12.8 Å². The molecule has 132 valence electrons. The summed E-state index contributed by atoms with van der Waals surface area (Å²) in [4.78, 5) is 12.5. The van der Waals surface area contributed by atoms with Gasteiger partial charge < -0.3 is 4.74 Å². The summed E-state index contributed by atoms with van der Waals surface area (Å²) in [6.07, 6.45) is 0. The van der Waals surface area contributed by atoms with Gasteiger partial charge in [-0.05, 0) is 43.3 Å². The highest BCUT2D eigenvalue weighted by molar-refractivity contribution is 7.96. The lowest BCUT2D eigenvalue weighted by Gasteiger charge is -2.29. The smallest absolute Gasteiger partial charge is 0.381 e. The van der Waals surface area contributed by atoms with Gasteiger partial charge >= 0.3 is 11.9 Å². The number of benzene rings is 3. The fraction of sp³-hybridized carbons (Fsp3) is 0.136. The molecular formula is C22H21FO2P+. The van der Waals surface area contributed by atoms with E-state index in [4.69, 9.17) is 4.74 Å². The lowest BCUT2D eigenvalue weighted by Crippen LogP contribution is -2.41. The number of rotatable bonds is 6. The molecule has 2 nitrogen and oxygen atoms in total. The molecule has 3 aromatic carbocycles. The molecule has 0 spiro atoms. The molecule has 4 heteroatoms. The maximum absolute atomic E-state index is 15.9. The average Bonchev–Trinajstić information content (AvgIpc) is 2.71. The standard InChI is InChI=1S/C22H21FO2P/c1-2-25-22(24)21(23)26(18-12-6-3-7-13-18,19-14-8-4-9-15-19)20-16-10-5-11-17-20/h3-17,21H,2H2,1H3/q+1. The van der Waals surface area contributed by atoms with Crippen molar-refractivity contribution in [2.75, 3.05) is 6.61 Å². The van der Waals surface area contributed by atoms with Crippen molar-refractivity contribution in [3.05, 3.63) is 91.0 Å². The Morgan fingerprint density at radius 3 is 1.46 bits per heavy atom. The van der Waals surface area contributed by atoms with Crippen LogP contribution in [0.5, 0.6) is 0 Å². The summed E-state index contributed by atoms with van der Waals surface area (Å²) in [5.74, 6) is -2.58. The Morgan fingerprint density at radius 2 is 1.15 bits per heavy atom. The van der Waals surface area contributed by atoms with Crippen LogP contribution in [-0.4, -0.2) is 18.5 Å². The van der Waals surface area contributed by atoms with Gasteiger partial charge in [-0.1, -0.05) is 54.6 Å². The van der Waals surface area contributed by atoms with Gasteiger partial charge in [0.15, 0.2) is 7.26 Å². The molecule has 0 aliphatic heterocycles. The van der Waals surface area contributed by atoms with Gasteiger partial charge in [-0.2, -0.15) is 4.39 Å². The average molecular weight is 367 g/mol. The first kappa shape index (κ1) is 18.3. The number of esters is 1. The largest absolute Gasteiger partial charge is 0.461 e. The molecule has 0 aliphatic rings. The Kier molecular flexibility index (Phi) is 5.80. The van der Waals surface area contributed by atoms with E-state index < -0.39 is 19.1 Å². The van der Waals surface area contributed by atoms with Crippen molar-refractivity contribution in [3.8, 4) is 0 Å². The number of hydrogen-bond donors (Lipinski definition) is 0. The summed E-state index contributed by atoms with van der Waals surface area (Å²) in [7, 11) is -2.87. The fourth-order valence-electron chi connectivity index (χ4n) is 3.20. The second kappa shape index (κ2) is 8.25. The Labute approximate surface area is 154 Å². The molecule has 0 fully saturated rings. The van der Waals surface area contributed by atoms with E-state index in [9.17, 15) is 4.79 Å². The number of halogens is 1. The third-order valence-electron chi connectivity index (χ3n) is 4.31. The lowest BCUT2D eigenvalue weighted by molar-refractivity contribution is -0.145. The van der Waals surface area contributed by atoms with Crippen LogP contribution in [0.15, 0.2) is 91.0 Å². The number of alkyl halides is 1. The Balaban J connectivity index is 2.33. The summed E-state index contributed by atoms with van der Waals surface area (Å²) in [6, 6.07) is 28.4. The Morgan fingerprint density at radius 1 is 0.808 bits per heavy atom. The van der Waals surface area contributed by atoms with E-state index >= 15 is 4.39 Å². The van der Waals surface area contributed by atoms with Crippen LogP contribution < -0.4 is 15.9 Å². The molecule has 0 radical (unpaired) electrons. The summed E-state index contributed by atoms with van der Waals surface area (Å²) in [5, 5.41) is 2.45. The van der Waals surface area contributed by atoms with Gasteiger partial charge in [-0.3, -0.25) is 0 Å². The van der Waals surface area contributed by atoms with Crippen molar-refractivity contribution in [3.63, 3.8) is 0 Å². The van der Waals surface area contributed by atoms with Crippen molar-refractivity contribution in [1.29, 1.82) is 0 Å². The molecule has 0 saturated carbocycles. The number of hydrogen-bond acceptors (Lipinski definition) is 2. The number of carbonyl (C=O) groups excluding carboxylic acids is 1. The molecule has 0 amide bonds. The number of carbonyl (C=O) groups is 1. The van der Waals surface area contributed by atoms with E-state index in [1.54, 1.807) is 6.92 Å². The zero-order chi connectivity index (χ0) is 18.4. The van der Waals surface area contributed by atoms with Crippen LogP contribution in [0.25, 0.3) is 0 Å². The van der Waals surface area contributed by atoms with Gasteiger partial charge in [-0.25, -0.2) is 4.79 Å². The van der Waals surface area contributed by atoms with Crippen LogP contribution in [0.2, 0.25) is 0 Å². The topological polar surface area (TPSA) is 26.3 Å². The molecule has 0 bridgehead atoms. The van der Waals surface area contributed by atoms with E-state index in [1.165, 1.54) is 0 Å². The molecule has 3 rings (SSSR count). The first-order valence-corrected chi connectivity index (χ1v) is 10.4. The van der Waals surface area contributed by atoms with Crippen molar-refractivity contribution in [1.82, 2.24) is 0 Å². The van der Waals surface area contributed by atoms with Gasteiger partial charge in [0, 0.05) is 0 Å². The second-order valence-corrected chi connectivity index (χ2v) is 9.27. The summed E-state index contributed by atoms with van der Waals surface area (Å²) in [6.45, 7) is 1.84. The third kappa shape index (κ3) is 3.27. The predicted molar refractivity (Wildman–Crippen MR) is 107 cm³/mol. The zero-order valence-corrected chi connectivity index (χ0v) is 15.5. The first-order chi connectivity index (χ1) is 12.7. The van der Waals surface area contributed by atoms with E-state index in [1.807, 2.05) is 91.0 Å². The van der Waals surface area contributed by atoms with Gasteiger partial charge in [0.05, 0.1) is 6.61 Å². The van der Waals surface area contributed by atoms with E-state index in [2.05, 4.69) is 0 Å². The highest BCUT2D eigenvalue weighted by Crippen LogP contribution is 2.60. The quantitative estimate of drug-likeness (QED) is 0.489. The first-order valence-electron chi connectivity index (χ1n) is 8.57. The molecule has 1 atom stereocenters. The van der Waals surface area contributed by atoms with Crippen LogP contribution in [0.4, 0.5) is 4.39 Å². The Bertz CT molecular complexity index is 741. The molecule has 0 aliphatic carbocycles. The maximum atomic E-state index is 15.9. The number of ether oxygens (including phenoxy) is 1. The maximum Gasteiger partial charge on any atom is 0.381 e. The summed E-state index contributed by atoms with van der Waals surface area (Å²) < 4.78 is 21.0. The van der Waals surface area contributed by atoms with Crippen LogP contribution in [-0.2, 0) is 9.53 Å². The molecule has 26 heavy (non-hydrogen) atoms. The highest BCUT2D eigenvalue weighted by atomic mass is 31.2. The molecule has 0 saturated heterocycles. The van der Waals surface area contributed by atoms with Crippen LogP contribution >= 0.6 is 7.26 Å². The molecule has 3 aromatic rings. The zero-order valence-electron chi connectivity index (χ0n) is 14.6. The summed E-state index contributed by atoms with van der Waals surface area (Å²) >= 11 is 0. The van der Waals surface area contributed by atoms with Crippen molar-refractivity contribution >= 4 is 29.1 Å². The Hall–Kier alpha value is -2.51. The second-order valence-electron chi connectivity index (χ2n) is 5.82.